The molecule has 9 heteroatoms. The van der Waals surface area contributed by atoms with Crippen LogP contribution >= 0.6 is 11.6 Å². The number of likely N-dealkylation sites (tertiary alicyclic amines) is 1. The van der Waals surface area contributed by atoms with Gasteiger partial charge in [-0.3, -0.25) is 9.58 Å². The quantitative estimate of drug-likeness (QED) is 0.543. The van der Waals surface area contributed by atoms with Crippen LogP contribution in [0, 0.1) is 11.2 Å². The number of nitrogens with zero attached hydrogens (tertiary/aromatic N) is 3. The third kappa shape index (κ3) is 3.26. The highest BCUT2D eigenvalue weighted by Crippen LogP contribution is 2.76. The van der Waals surface area contributed by atoms with Crippen molar-refractivity contribution in [3.05, 3.63) is 81.9 Å². The fourth-order valence-corrected chi connectivity index (χ4v) is 7.28. The molecular weight excluding hydrogens is 463 g/mol. The van der Waals surface area contributed by atoms with Gasteiger partial charge in [0.15, 0.2) is 0 Å². The summed E-state index contributed by atoms with van der Waals surface area (Å²) in [6, 6.07) is 12.5. The largest absolute Gasteiger partial charge is 0.296 e. The molecule has 1 spiro atoms. The second-order valence-electron chi connectivity index (χ2n) is 9.55. The summed E-state index contributed by atoms with van der Waals surface area (Å²) in [6.45, 7) is -0.111. The highest BCUT2D eigenvalue weighted by atomic mass is 35.5. The van der Waals surface area contributed by atoms with E-state index in [1.165, 1.54) is 17.1 Å². The van der Waals surface area contributed by atoms with Crippen LogP contribution in [0.3, 0.4) is 0 Å². The topological polar surface area (TPSA) is 67.0 Å². The van der Waals surface area contributed by atoms with Crippen LogP contribution in [0.5, 0.6) is 0 Å². The van der Waals surface area contributed by atoms with Crippen molar-refractivity contribution in [2.45, 2.75) is 42.3 Å². The number of aromatic nitrogens is 2. The van der Waals surface area contributed by atoms with E-state index in [9.17, 15) is 8.42 Å². The molecule has 0 amide bonds. The zero-order valence-electron chi connectivity index (χ0n) is 18.3. The standard InChI is InChI=1S/C24H24ClFN4O2S/c1-29-13-18(12-27-29)33(31,32)28-11-16-8-19-15(9-21(16)26)10-24(22-23(24)30(22)2)20(19)7-14-4-3-5-17(25)6-14/h3-6,8-9,12-13,20,22-23,28H,7,10-11H2,1-2H3. The van der Waals surface area contributed by atoms with Crippen molar-refractivity contribution in [2.24, 2.45) is 12.5 Å². The Kier molecular flexibility index (Phi) is 4.59. The maximum atomic E-state index is 15.0. The van der Waals surface area contributed by atoms with E-state index in [0.717, 1.165) is 29.5 Å². The van der Waals surface area contributed by atoms with Crippen molar-refractivity contribution in [1.82, 2.24) is 19.4 Å². The molecule has 3 aliphatic rings. The molecule has 33 heavy (non-hydrogen) atoms. The van der Waals surface area contributed by atoms with E-state index in [0.29, 0.717) is 22.7 Å². The lowest BCUT2D eigenvalue weighted by Gasteiger charge is -2.29. The Balaban J connectivity index is 1.30. The third-order valence-electron chi connectivity index (χ3n) is 7.68. The average molecular weight is 487 g/mol. The number of sulfonamides is 1. The van der Waals surface area contributed by atoms with Gasteiger partial charge in [0.1, 0.15) is 10.7 Å². The first kappa shape index (κ1) is 21.3. The van der Waals surface area contributed by atoms with Crippen molar-refractivity contribution in [1.29, 1.82) is 0 Å². The molecule has 3 aromatic rings. The third-order valence-corrected chi connectivity index (χ3v) is 9.27. The van der Waals surface area contributed by atoms with Crippen LogP contribution in [0.25, 0.3) is 0 Å². The average Bonchev–Trinajstić information content (AvgIpc) is 3.52. The van der Waals surface area contributed by atoms with Crippen molar-refractivity contribution in [3.8, 4) is 0 Å². The molecule has 1 saturated heterocycles. The maximum absolute atomic E-state index is 15.0. The number of fused-ring (bicyclic) bond motifs is 4. The zero-order valence-corrected chi connectivity index (χ0v) is 19.9. The summed E-state index contributed by atoms with van der Waals surface area (Å²) in [4.78, 5) is 2.43. The normalized spacial score (nSPS) is 29.2. The summed E-state index contributed by atoms with van der Waals surface area (Å²) >= 11 is 6.23. The van der Waals surface area contributed by atoms with Gasteiger partial charge in [-0.05, 0) is 60.7 Å². The molecule has 6 rings (SSSR count). The summed E-state index contributed by atoms with van der Waals surface area (Å²) in [5, 5.41) is 4.62. The molecule has 172 valence electrons. The maximum Gasteiger partial charge on any atom is 0.243 e. The van der Waals surface area contributed by atoms with Gasteiger partial charge in [-0.15, -0.1) is 0 Å². The van der Waals surface area contributed by atoms with Crippen LogP contribution in [0.2, 0.25) is 5.02 Å². The molecular formula is C24H24ClFN4O2S. The van der Waals surface area contributed by atoms with Gasteiger partial charge in [0, 0.05) is 47.9 Å². The van der Waals surface area contributed by atoms with Crippen LogP contribution in [0.4, 0.5) is 4.39 Å². The second kappa shape index (κ2) is 7.12. The first-order chi connectivity index (χ1) is 15.7. The number of benzene rings is 2. The second-order valence-corrected chi connectivity index (χ2v) is 11.8. The van der Waals surface area contributed by atoms with Gasteiger partial charge < -0.3 is 0 Å². The molecule has 1 N–H and O–H groups in total. The van der Waals surface area contributed by atoms with Crippen LogP contribution in [0.1, 0.15) is 28.2 Å². The van der Waals surface area contributed by atoms with E-state index in [-0.39, 0.29) is 28.6 Å². The van der Waals surface area contributed by atoms with Crippen LogP contribution < -0.4 is 4.72 Å². The van der Waals surface area contributed by atoms with Gasteiger partial charge in [0.25, 0.3) is 0 Å². The summed E-state index contributed by atoms with van der Waals surface area (Å²) < 4.78 is 44.1. The van der Waals surface area contributed by atoms with Crippen molar-refractivity contribution >= 4 is 21.6 Å². The number of likely N-dealkylation sites (N-methyl/N-ethyl adjacent to an activating group) is 1. The highest BCUT2D eigenvalue weighted by Gasteiger charge is 2.84. The Bertz CT molecular complexity index is 1380. The molecule has 2 aromatic carbocycles. The van der Waals surface area contributed by atoms with Gasteiger partial charge in [-0.2, -0.15) is 5.10 Å². The molecule has 6 nitrogen and oxygen atoms in total. The van der Waals surface area contributed by atoms with E-state index in [1.54, 1.807) is 13.1 Å². The van der Waals surface area contributed by atoms with Crippen molar-refractivity contribution < 1.29 is 12.8 Å². The van der Waals surface area contributed by atoms with E-state index < -0.39 is 10.0 Å². The Morgan fingerprint density at radius 3 is 2.70 bits per heavy atom. The number of hydrogen-bond acceptors (Lipinski definition) is 4. The molecule has 0 radical (unpaired) electrons. The minimum absolute atomic E-state index is 0.0606. The fourth-order valence-electron chi connectivity index (χ4n) is 6.08. The number of nitrogens with one attached hydrogen (secondary N) is 1. The summed E-state index contributed by atoms with van der Waals surface area (Å²) in [7, 11) is 0.00977. The van der Waals surface area contributed by atoms with Gasteiger partial charge in [0.2, 0.25) is 10.0 Å². The Hall–Kier alpha value is -2.26. The number of halogens is 2. The van der Waals surface area contributed by atoms with Crippen LogP contribution in [-0.4, -0.2) is 42.2 Å². The molecule has 2 heterocycles. The van der Waals surface area contributed by atoms with Gasteiger partial charge in [-0.25, -0.2) is 17.5 Å². The number of hydrogen-bond donors (Lipinski definition) is 1. The Morgan fingerprint density at radius 2 is 2.03 bits per heavy atom. The fraction of sp³-hybridized carbons (Fsp3) is 0.375. The molecule has 2 fully saturated rings. The molecule has 1 aliphatic heterocycles. The summed E-state index contributed by atoms with van der Waals surface area (Å²) in [5.41, 5.74) is 3.85. The minimum atomic E-state index is -3.78. The van der Waals surface area contributed by atoms with Crippen molar-refractivity contribution in [2.75, 3.05) is 7.05 Å². The SMILES string of the molecule is CN1C2C1C21Cc2cc(F)c(CNS(=O)(=O)c3cnn(C)c3)cc2C1Cc1cccc(Cl)c1. The first-order valence-corrected chi connectivity index (χ1v) is 12.8. The van der Waals surface area contributed by atoms with E-state index >= 15 is 4.39 Å². The highest BCUT2D eigenvalue weighted by molar-refractivity contribution is 7.89. The lowest BCUT2D eigenvalue weighted by Crippen LogP contribution is -2.31. The van der Waals surface area contributed by atoms with Gasteiger partial charge >= 0.3 is 0 Å². The van der Waals surface area contributed by atoms with E-state index in [2.05, 4.69) is 27.8 Å². The summed E-state index contributed by atoms with van der Waals surface area (Å²) in [5.74, 6) is -0.115. The first-order valence-electron chi connectivity index (χ1n) is 11.0. The minimum Gasteiger partial charge on any atom is -0.296 e. The van der Waals surface area contributed by atoms with Crippen LogP contribution in [0.15, 0.2) is 53.7 Å². The molecule has 1 aromatic heterocycles. The number of rotatable bonds is 6. The zero-order chi connectivity index (χ0) is 23.1. The lowest BCUT2D eigenvalue weighted by atomic mass is 9.81. The van der Waals surface area contributed by atoms with E-state index in [1.807, 2.05) is 24.3 Å². The van der Waals surface area contributed by atoms with Gasteiger partial charge in [0.05, 0.1) is 6.20 Å². The molecule has 0 bridgehead atoms. The lowest BCUT2D eigenvalue weighted by molar-refractivity contribution is 0.226. The predicted molar refractivity (Wildman–Crippen MR) is 123 cm³/mol. The number of aryl methyl sites for hydroxylation is 1. The monoisotopic (exact) mass is 486 g/mol. The molecule has 2 aliphatic carbocycles. The smallest absolute Gasteiger partial charge is 0.243 e. The molecule has 3 unspecified atom stereocenters. The Labute approximate surface area is 197 Å². The van der Waals surface area contributed by atoms with Crippen LogP contribution in [-0.2, 0) is 36.5 Å². The Morgan fingerprint density at radius 1 is 1.24 bits per heavy atom. The van der Waals surface area contributed by atoms with Gasteiger partial charge in [-0.1, -0.05) is 29.8 Å². The molecule has 1 saturated carbocycles. The predicted octanol–water partition coefficient (Wildman–Crippen LogP) is 3.26. The van der Waals surface area contributed by atoms with Crippen molar-refractivity contribution in [3.63, 3.8) is 0 Å². The summed E-state index contributed by atoms with van der Waals surface area (Å²) in [6.07, 6.45) is 4.40. The molecule has 3 atom stereocenters. The van der Waals surface area contributed by atoms with E-state index in [4.69, 9.17) is 11.6 Å².